The van der Waals surface area contributed by atoms with Crippen molar-refractivity contribution in [1.29, 1.82) is 0 Å². The third-order valence-electron chi connectivity index (χ3n) is 5.68. The Morgan fingerprint density at radius 1 is 1.08 bits per heavy atom. The quantitative estimate of drug-likeness (QED) is 0.447. The largest absolute Gasteiger partial charge is 0.573 e. The summed E-state index contributed by atoms with van der Waals surface area (Å²) in [5, 5.41) is 6.18. The molecule has 0 spiro atoms. The molecule has 0 unspecified atom stereocenters. The summed E-state index contributed by atoms with van der Waals surface area (Å²) >= 11 is 6.49. The molecule has 0 saturated carbocycles. The van der Waals surface area contributed by atoms with Gasteiger partial charge in [0.2, 0.25) is 17.8 Å². The number of rotatable bonds is 7. The summed E-state index contributed by atoms with van der Waals surface area (Å²) in [4.78, 5) is 28.7. The number of benzene rings is 2. The molecule has 0 bridgehead atoms. The number of anilines is 4. The average Bonchev–Trinajstić information content (AvgIpc) is 2.84. The standard InChI is InChI=1S/C24H25ClF3N7O2/c1-15-3-8-19(20(25)21(15)31-16(2)36)32-22-29-14-30-23(33-22)35-11-9-34(10-12-35)13-17-4-6-18(7-5-17)37-24(26,27)28/h3-8,14H,9-13H2,1-2H3,(H,31,36)(H,29,30,32,33). The van der Waals surface area contributed by atoms with Crippen molar-refractivity contribution >= 4 is 40.8 Å². The molecule has 0 atom stereocenters. The van der Waals surface area contributed by atoms with Crippen LogP contribution >= 0.6 is 11.6 Å². The summed E-state index contributed by atoms with van der Waals surface area (Å²) in [6, 6.07) is 9.51. The number of aromatic nitrogens is 3. The van der Waals surface area contributed by atoms with Crippen molar-refractivity contribution < 1.29 is 22.7 Å². The molecule has 1 saturated heterocycles. The number of nitrogens with zero attached hydrogens (tertiary/aromatic N) is 5. The second kappa shape index (κ2) is 11.2. The van der Waals surface area contributed by atoms with Gasteiger partial charge in [0.1, 0.15) is 12.1 Å². The SMILES string of the molecule is CC(=O)Nc1c(C)ccc(Nc2ncnc(N3CCN(Cc4ccc(OC(F)(F)F)cc4)CC3)n2)c1Cl. The van der Waals surface area contributed by atoms with Crippen molar-refractivity contribution in [3.05, 3.63) is 58.9 Å². The van der Waals surface area contributed by atoms with E-state index in [1.165, 1.54) is 25.4 Å². The summed E-state index contributed by atoms with van der Waals surface area (Å²) in [6.45, 7) is 6.63. The van der Waals surface area contributed by atoms with E-state index in [-0.39, 0.29) is 11.7 Å². The van der Waals surface area contributed by atoms with E-state index in [1.54, 1.807) is 18.2 Å². The van der Waals surface area contributed by atoms with Crippen LogP contribution in [-0.4, -0.2) is 58.3 Å². The van der Waals surface area contributed by atoms with Gasteiger partial charge in [0, 0.05) is 39.6 Å². The highest BCUT2D eigenvalue weighted by Crippen LogP contribution is 2.34. The fourth-order valence-corrected chi connectivity index (χ4v) is 4.19. The van der Waals surface area contributed by atoms with Crippen molar-refractivity contribution in [3.63, 3.8) is 0 Å². The number of carbonyl (C=O) groups is 1. The van der Waals surface area contributed by atoms with E-state index < -0.39 is 6.36 Å². The van der Waals surface area contributed by atoms with E-state index in [0.717, 1.165) is 24.2 Å². The summed E-state index contributed by atoms with van der Waals surface area (Å²) in [5.41, 5.74) is 2.78. The molecule has 3 aromatic rings. The minimum absolute atomic E-state index is 0.226. The van der Waals surface area contributed by atoms with E-state index in [9.17, 15) is 18.0 Å². The lowest BCUT2D eigenvalue weighted by atomic mass is 10.1. The number of carbonyl (C=O) groups excluding carboxylic acids is 1. The maximum Gasteiger partial charge on any atom is 0.573 e. The van der Waals surface area contributed by atoms with Gasteiger partial charge in [0.15, 0.2) is 0 Å². The summed E-state index contributed by atoms with van der Waals surface area (Å²) in [7, 11) is 0. The van der Waals surface area contributed by atoms with Gasteiger partial charge in [0.25, 0.3) is 0 Å². The molecule has 196 valence electrons. The maximum atomic E-state index is 12.3. The van der Waals surface area contributed by atoms with Gasteiger partial charge in [-0.3, -0.25) is 9.69 Å². The predicted molar refractivity (Wildman–Crippen MR) is 134 cm³/mol. The highest BCUT2D eigenvalue weighted by atomic mass is 35.5. The summed E-state index contributed by atoms with van der Waals surface area (Å²) in [6.07, 6.45) is -3.29. The third kappa shape index (κ3) is 7.20. The fourth-order valence-electron chi connectivity index (χ4n) is 3.88. The zero-order chi connectivity index (χ0) is 26.6. The number of piperazine rings is 1. The zero-order valence-electron chi connectivity index (χ0n) is 20.1. The number of nitrogens with one attached hydrogen (secondary N) is 2. The van der Waals surface area contributed by atoms with Gasteiger partial charge in [-0.25, -0.2) is 9.97 Å². The molecule has 37 heavy (non-hydrogen) atoms. The molecule has 0 aliphatic carbocycles. The molecular weight excluding hydrogens is 511 g/mol. The van der Waals surface area contributed by atoms with E-state index in [1.807, 2.05) is 17.9 Å². The second-order valence-electron chi connectivity index (χ2n) is 8.49. The van der Waals surface area contributed by atoms with E-state index in [0.29, 0.717) is 47.9 Å². The van der Waals surface area contributed by atoms with E-state index in [2.05, 4.69) is 35.2 Å². The van der Waals surface area contributed by atoms with Crippen molar-refractivity contribution in [2.24, 2.45) is 0 Å². The molecule has 4 rings (SSSR count). The molecule has 1 aromatic heterocycles. The number of ether oxygens (including phenoxy) is 1. The number of aryl methyl sites for hydroxylation is 1. The second-order valence-corrected chi connectivity index (χ2v) is 8.87. The number of amides is 1. The number of hydrogen-bond donors (Lipinski definition) is 2. The van der Waals surface area contributed by atoms with Gasteiger partial charge in [-0.15, -0.1) is 13.2 Å². The topological polar surface area (TPSA) is 95.5 Å². The summed E-state index contributed by atoms with van der Waals surface area (Å²) < 4.78 is 40.9. The molecule has 1 aliphatic heterocycles. The highest BCUT2D eigenvalue weighted by Gasteiger charge is 2.31. The van der Waals surface area contributed by atoms with Gasteiger partial charge < -0.3 is 20.3 Å². The first-order valence-corrected chi connectivity index (χ1v) is 11.8. The van der Waals surface area contributed by atoms with Gasteiger partial charge in [-0.05, 0) is 36.2 Å². The van der Waals surface area contributed by atoms with Crippen LogP contribution in [0.15, 0.2) is 42.7 Å². The molecule has 0 radical (unpaired) electrons. The van der Waals surface area contributed by atoms with E-state index in [4.69, 9.17) is 11.6 Å². The van der Waals surface area contributed by atoms with Gasteiger partial charge in [-0.2, -0.15) is 4.98 Å². The van der Waals surface area contributed by atoms with Crippen LogP contribution in [-0.2, 0) is 11.3 Å². The van der Waals surface area contributed by atoms with Crippen LogP contribution < -0.4 is 20.3 Å². The molecule has 13 heteroatoms. The molecular formula is C24H25ClF3N7O2. The van der Waals surface area contributed by atoms with E-state index >= 15 is 0 Å². The fraction of sp³-hybridized carbons (Fsp3) is 0.333. The minimum atomic E-state index is -4.70. The van der Waals surface area contributed by atoms with Crippen LogP contribution in [0.1, 0.15) is 18.1 Å². The Morgan fingerprint density at radius 2 is 1.78 bits per heavy atom. The van der Waals surface area contributed by atoms with Crippen molar-refractivity contribution in [3.8, 4) is 5.75 Å². The molecule has 1 fully saturated rings. The molecule has 9 nitrogen and oxygen atoms in total. The first-order valence-electron chi connectivity index (χ1n) is 11.4. The lowest BCUT2D eigenvalue weighted by molar-refractivity contribution is -0.274. The Bertz CT molecular complexity index is 1250. The molecule has 1 amide bonds. The van der Waals surface area contributed by atoms with Crippen molar-refractivity contribution in [2.45, 2.75) is 26.8 Å². The van der Waals surface area contributed by atoms with Crippen LogP contribution in [0.3, 0.4) is 0 Å². The Balaban J connectivity index is 1.35. The zero-order valence-corrected chi connectivity index (χ0v) is 20.9. The minimum Gasteiger partial charge on any atom is -0.406 e. The Hall–Kier alpha value is -3.64. The first-order chi connectivity index (χ1) is 17.6. The Morgan fingerprint density at radius 3 is 2.43 bits per heavy atom. The smallest absolute Gasteiger partial charge is 0.406 e. The predicted octanol–water partition coefficient (Wildman–Crippen LogP) is 4.76. The third-order valence-corrected chi connectivity index (χ3v) is 6.07. The van der Waals surface area contributed by atoms with Crippen LogP contribution in [0, 0.1) is 6.92 Å². The molecule has 2 aromatic carbocycles. The van der Waals surface area contributed by atoms with Crippen LogP contribution in [0.5, 0.6) is 5.75 Å². The van der Waals surface area contributed by atoms with Crippen LogP contribution in [0.2, 0.25) is 5.02 Å². The number of alkyl halides is 3. The van der Waals surface area contributed by atoms with Gasteiger partial charge >= 0.3 is 6.36 Å². The first kappa shape index (κ1) is 26.4. The number of halogens is 4. The Labute approximate surface area is 216 Å². The average molecular weight is 536 g/mol. The van der Waals surface area contributed by atoms with Crippen molar-refractivity contribution in [1.82, 2.24) is 19.9 Å². The van der Waals surface area contributed by atoms with Crippen molar-refractivity contribution in [2.75, 3.05) is 41.7 Å². The van der Waals surface area contributed by atoms with Crippen LogP contribution in [0.4, 0.5) is 36.4 Å². The molecule has 1 aliphatic rings. The lowest BCUT2D eigenvalue weighted by Crippen LogP contribution is -2.46. The Kier molecular flexibility index (Phi) is 7.98. The monoisotopic (exact) mass is 535 g/mol. The van der Waals surface area contributed by atoms with Gasteiger partial charge in [0.05, 0.1) is 16.4 Å². The maximum absolute atomic E-state index is 12.3. The summed E-state index contributed by atoms with van der Waals surface area (Å²) in [5.74, 6) is 0.360. The number of hydrogen-bond acceptors (Lipinski definition) is 8. The van der Waals surface area contributed by atoms with Crippen LogP contribution in [0.25, 0.3) is 0 Å². The molecule has 2 heterocycles. The normalized spacial score (nSPS) is 14.4. The van der Waals surface area contributed by atoms with Gasteiger partial charge in [-0.1, -0.05) is 29.8 Å². The highest BCUT2D eigenvalue weighted by molar-refractivity contribution is 6.36. The lowest BCUT2D eigenvalue weighted by Gasteiger charge is -2.34. The molecule has 2 N–H and O–H groups in total.